The monoisotopic (exact) mass is 481 g/mol. The molecule has 0 fully saturated rings. The molecule has 0 aliphatic rings. The molecule has 0 aliphatic heterocycles. The van der Waals surface area contributed by atoms with Crippen molar-refractivity contribution in [1.29, 1.82) is 0 Å². The van der Waals surface area contributed by atoms with Crippen LogP contribution in [0.25, 0.3) is 10.6 Å². The van der Waals surface area contributed by atoms with Crippen molar-refractivity contribution in [2.45, 2.75) is 43.5 Å². The lowest BCUT2D eigenvalue weighted by molar-refractivity contribution is -0.139. The van der Waals surface area contributed by atoms with E-state index in [1.807, 2.05) is 32.9 Å². The molecule has 4 nitrogen and oxygen atoms in total. The van der Waals surface area contributed by atoms with Crippen molar-refractivity contribution in [3.8, 4) is 16.3 Å². The number of hydrogen-bond donors (Lipinski definition) is 1. The first-order valence-corrected chi connectivity index (χ1v) is 11.6. The molecule has 32 heavy (non-hydrogen) atoms. The molecule has 0 spiro atoms. The molecule has 170 valence electrons. The van der Waals surface area contributed by atoms with Crippen molar-refractivity contribution < 1.29 is 27.8 Å². The molecule has 0 saturated carbocycles. The first-order valence-electron chi connectivity index (χ1n) is 9.80. The zero-order valence-corrected chi connectivity index (χ0v) is 19.3. The van der Waals surface area contributed by atoms with Crippen LogP contribution in [0.4, 0.5) is 13.2 Å². The van der Waals surface area contributed by atoms with Gasteiger partial charge in [-0.05, 0) is 48.7 Å². The average Bonchev–Trinajstić information content (AvgIpc) is 3.15. The van der Waals surface area contributed by atoms with E-state index in [4.69, 9.17) is 14.8 Å². The van der Waals surface area contributed by atoms with E-state index in [2.05, 4.69) is 0 Å². The fourth-order valence-electron chi connectivity index (χ4n) is 3.01. The normalized spacial score (nSPS) is 11.7. The predicted octanol–water partition coefficient (Wildman–Crippen LogP) is 7.02. The largest absolute Gasteiger partial charge is 0.482 e. The fourth-order valence-corrected chi connectivity index (χ4v) is 5.31. The average molecular weight is 482 g/mol. The van der Waals surface area contributed by atoms with Gasteiger partial charge in [-0.3, -0.25) is 0 Å². The lowest BCUT2D eigenvalue weighted by Crippen LogP contribution is -2.09. The molecule has 0 saturated heterocycles. The van der Waals surface area contributed by atoms with Crippen LogP contribution in [0.15, 0.2) is 47.4 Å². The number of hydrogen-bond acceptors (Lipinski definition) is 5. The first-order chi connectivity index (χ1) is 15.0. The van der Waals surface area contributed by atoms with Gasteiger partial charge in [0.05, 0.1) is 11.3 Å². The predicted molar refractivity (Wildman–Crippen MR) is 121 cm³/mol. The SMILES string of the molecule is Cc1cc(SCc2sc(-c3ccc(C(F)(F)F)cc3)nc2C(C)C)ccc1OCC(=O)O. The number of carboxylic acids is 1. The number of alkyl halides is 3. The number of ether oxygens (including phenoxy) is 1. The van der Waals surface area contributed by atoms with Crippen molar-refractivity contribution in [2.75, 3.05) is 6.61 Å². The Labute approximate surface area is 192 Å². The van der Waals surface area contributed by atoms with Gasteiger partial charge in [0, 0.05) is 21.1 Å². The van der Waals surface area contributed by atoms with E-state index < -0.39 is 24.3 Å². The van der Waals surface area contributed by atoms with Crippen molar-refractivity contribution in [3.63, 3.8) is 0 Å². The number of carbonyl (C=O) groups is 1. The first kappa shape index (κ1) is 24.1. The summed E-state index contributed by atoms with van der Waals surface area (Å²) in [6, 6.07) is 10.7. The smallest absolute Gasteiger partial charge is 0.416 e. The van der Waals surface area contributed by atoms with Gasteiger partial charge in [-0.1, -0.05) is 26.0 Å². The maximum Gasteiger partial charge on any atom is 0.416 e. The minimum atomic E-state index is -4.36. The lowest BCUT2D eigenvalue weighted by atomic mass is 10.1. The second-order valence-corrected chi connectivity index (χ2v) is 9.59. The van der Waals surface area contributed by atoms with Crippen LogP contribution in [0.3, 0.4) is 0 Å². The van der Waals surface area contributed by atoms with Crippen LogP contribution in [0.5, 0.6) is 5.75 Å². The molecule has 2 aromatic carbocycles. The number of rotatable bonds is 8. The standard InChI is InChI=1S/C23H22F3NO3S2/c1-13(2)21-19(12-31-17-8-9-18(14(3)10-17)30-11-20(28)29)32-22(27-21)15-4-6-16(7-5-15)23(24,25)26/h4-10,13H,11-12H2,1-3H3,(H,28,29). The Kier molecular flexibility index (Phi) is 7.51. The number of aryl methyl sites for hydroxylation is 1. The summed E-state index contributed by atoms with van der Waals surface area (Å²) in [7, 11) is 0. The number of aliphatic carboxylic acids is 1. The van der Waals surface area contributed by atoms with Gasteiger partial charge in [0.15, 0.2) is 6.61 Å². The molecule has 3 aromatic rings. The van der Waals surface area contributed by atoms with E-state index >= 15 is 0 Å². The van der Waals surface area contributed by atoms with Crippen molar-refractivity contribution >= 4 is 29.1 Å². The number of benzene rings is 2. The van der Waals surface area contributed by atoms with E-state index in [-0.39, 0.29) is 5.92 Å². The molecule has 9 heteroatoms. The Balaban J connectivity index is 1.76. The van der Waals surface area contributed by atoms with Crippen molar-refractivity contribution in [3.05, 3.63) is 64.2 Å². The third-order valence-electron chi connectivity index (χ3n) is 4.60. The van der Waals surface area contributed by atoms with Crippen LogP contribution >= 0.6 is 23.1 Å². The minimum Gasteiger partial charge on any atom is -0.482 e. The summed E-state index contributed by atoms with van der Waals surface area (Å²) >= 11 is 3.11. The van der Waals surface area contributed by atoms with Crippen LogP contribution in [0.1, 0.15) is 41.5 Å². The van der Waals surface area contributed by atoms with Crippen LogP contribution in [-0.2, 0) is 16.7 Å². The van der Waals surface area contributed by atoms with Crippen LogP contribution in [0.2, 0.25) is 0 Å². The summed E-state index contributed by atoms with van der Waals surface area (Å²) in [4.78, 5) is 17.5. The van der Waals surface area contributed by atoms with E-state index in [0.29, 0.717) is 22.1 Å². The topological polar surface area (TPSA) is 59.4 Å². The zero-order chi connectivity index (χ0) is 23.5. The highest BCUT2D eigenvalue weighted by molar-refractivity contribution is 7.98. The Morgan fingerprint density at radius 3 is 2.44 bits per heavy atom. The quantitative estimate of drug-likeness (QED) is 0.351. The third-order valence-corrected chi connectivity index (χ3v) is 6.92. The molecular weight excluding hydrogens is 459 g/mol. The number of aromatic nitrogens is 1. The Morgan fingerprint density at radius 2 is 1.88 bits per heavy atom. The van der Waals surface area contributed by atoms with Gasteiger partial charge in [0.1, 0.15) is 10.8 Å². The Bertz CT molecular complexity index is 1090. The molecule has 0 unspecified atom stereocenters. The maximum absolute atomic E-state index is 12.8. The number of thioether (sulfide) groups is 1. The molecule has 0 bridgehead atoms. The molecule has 0 atom stereocenters. The number of thiazole rings is 1. The summed E-state index contributed by atoms with van der Waals surface area (Å²) < 4.78 is 43.8. The molecule has 3 rings (SSSR count). The van der Waals surface area contributed by atoms with Gasteiger partial charge < -0.3 is 9.84 Å². The van der Waals surface area contributed by atoms with E-state index in [9.17, 15) is 18.0 Å². The molecular formula is C23H22F3NO3S2. The maximum atomic E-state index is 12.8. The second kappa shape index (κ2) is 9.95. The Morgan fingerprint density at radius 1 is 1.19 bits per heavy atom. The molecule has 1 heterocycles. The summed E-state index contributed by atoms with van der Waals surface area (Å²) in [6.07, 6.45) is -4.36. The van der Waals surface area contributed by atoms with E-state index in [1.165, 1.54) is 23.5 Å². The molecule has 0 radical (unpaired) electrons. The van der Waals surface area contributed by atoms with Gasteiger partial charge >= 0.3 is 12.1 Å². The summed E-state index contributed by atoms with van der Waals surface area (Å²) in [5.41, 5.74) is 1.77. The summed E-state index contributed by atoms with van der Waals surface area (Å²) in [6.45, 7) is 5.55. The highest BCUT2D eigenvalue weighted by atomic mass is 32.2. The zero-order valence-electron chi connectivity index (χ0n) is 17.7. The van der Waals surface area contributed by atoms with Crippen LogP contribution in [0, 0.1) is 6.92 Å². The second-order valence-electron chi connectivity index (χ2n) is 7.46. The lowest BCUT2D eigenvalue weighted by Gasteiger charge is -2.09. The van der Waals surface area contributed by atoms with Gasteiger partial charge in [0.25, 0.3) is 0 Å². The van der Waals surface area contributed by atoms with Crippen LogP contribution < -0.4 is 4.74 Å². The van der Waals surface area contributed by atoms with E-state index in [1.54, 1.807) is 17.8 Å². The third kappa shape index (κ3) is 6.04. The van der Waals surface area contributed by atoms with Gasteiger partial charge in [-0.2, -0.15) is 13.2 Å². The summed E-state index contributed by atoms with van der Waals surface area (Å²) in [5, 5.41) is 9.45. The van der Waals surface area contributed by atoms with Gasteiger partial charge in [-0.25, -0.2) is 9.78 Å². The summed E-state index contributed by atoms with van der Waals surface area (Å²) in [5.74, 6) is 0.347. The molecule has 1 N–H and O–H groups in total. The Hall–Kier alpha value is -2.52. The van der Waals surface area contributed by atoms with Gasteiger partial charge in [0.2, 0.25) is 0 Å². The highest BCUT2D eigenvalue weighted by Gasteiger charge is 2.30. The fraction of sp³-hybridized carbons (Fsp3) is 0.304. The molecule has 0 aliphatic carbocycles. The molecule has 1 aromatic heterocycles. The number of carboxylic acid groups (broad SMARTS) is 1. The van der Waals surface area contributed by atoms with Crippen molar-refractivity contribution in [2.24, 2.45) is 0 Å². The van der Waals surface area contributed by atoms with E-state index in [0.717, 1.165) is 33.2 Å². The van der Waals surface area contributed by atoms with Crippen LogP contribution in [-0.4, -0.2) is 22.7 Å². The number of halogens is 3. The molecule has 0 amide bonds. The minimum absolute atomic E-state index is 0.179. The van der Waals surface area contributed by atoms with Gasteiger partial charge in [-0.15, -0.1) is 23.1 Å². The van der Waals surface area contributed by atoms with Crippen molar-refractivity contribution in [1.82, 2.24) is 4.98 Å². The highest BCUT2D eigenvalue weighted by Crippen LogP contribution is 2.37. The number of nitrogens with zero attached hydrogens (tertiary/aromatic N) is 1.